The summed E-state index contributed by atoms with van der Waals surface area (Å²) in [5, 5.41) is 11.2. The van der Waals surface area contributed by atoms with E-state index in [0.29, 0.717) is 0 Å². The van der Waals surface area contributed by atoms with Crippen LogP contribution in [0.15, 0.2) is 274 Å². The molecule has 0 fully saturated rings. The van der Waals surface area contributed by atoms with E-state index in [2.05, 4.69) is 287 Å². The zero-order valence-corrected chi connectivity index (χ0v) is 39.5. The molecular weight excluding hydrogens is 873 g/mol. The Bertz CT molecular complexity index is 4170. The Morgan fingerprint density at radius 2 is 0.958 bits per heavy atom. The molecule has 0 aliphatic heterocycles. The Hall–Kier alpha value is -9.64. The largest absolute Gasteiger partial charge is 0.355 e. The van der Waals surface area contributed by atoms with E-state index in [-0.39, 0.29) is 0 Å². The third-order valence-electron chi connectivity index (χ3n) is 14.0. The van der Waals surface area contributed by atoms with Gasteiger partial charge in [0.1, 0.15) is 0 Å². The number of nitrogens with one attached hydrogen (secondary N) is 1. The third-order valence-corrected chi connectivity index (χ3v) is 14.0. The summed E-state index contributed by atoms with van der Waals surface area (Å²) in [5.74, 6) is 0. The van der Waals surface area contributed by atoms with Gasteiger partial charge in [0.2, 0.25) is 0 Å². The molecule has 2 heterocycles. The van der Waals surface area contributed by atoms with Crippen LogP contribution < -0.4 is 10.2 Å². The summed E-state index contributed by atoms with van der Waals surface area (Å²) in [6.45, 7) is 3.91. The fourth-order valence-electron chi connectivity index (χ4n) is 10.8. The molecule has 0 atom stereocenters. The molecule has 13 aromatic rings. The number of nitrogens with zero attached hydrogens (tertiary/aromatic N) is 3. The minimum Gasteiger partial charge on any atom is -0.355 e. The maximum Gasteiger partial charge on any atom is 0.0548 e. The molecule has 4 heteroatoms. The normalized spacial score (nSPS) is 11.6. The van der Waals surface area contributed by atoms with Crippen molar-refractivity contribution in [3.05, 3.63) is 279 Å². The van der Waals surface area contributed by atoms with Gasteiger partial charge in [-0.05, 0) is 136 Å². The third kappa shape index (κ3) is 7.42. The van der Waals surface area contributed by atoms with Crippen LogP contribution in [0, 0.1) is 0 Å². The number of aromatic nitrogens is 2. The van der Waals surface area contributed by atoms with Gasteiger partial charge in [0, 0.05) is 66.9 Å². The highest BCUT2D eigenvalue weighted by Crippen LogP contribution is 2.46. The minimum atomic E-state index is 1.02. The molecule has 0 saturated carbocycles. The quantitative estimate of drug-likeness (QED) is 0.131. The number of fused-ring (bicyclic) bond motifs is 7. The Labute approximate surface area is 418 Å². The number of hydrogen-bond acceptors (Lipinski definition) is 2. The number of anilines is 5. The predicted octanol–water partition coefficient (Wildman–Crippen LogP) is 18.8. The average molecular weight is 921 g/mol. The van der Waals surface area contributed by atoms with Crippen molar-refractivity contribution in [2.75, 3.05) is 10.2 Å². The van der Waals surface area contributed by atoms with Gasteiger partial charge in [0.25, 0.3) is 0 Å². The van der Waals surface area contributed by atoms with Gasteiger partial charge in [-0.3, -0.25) is 0 Å². The molecule has 0 saturated heterocycles. The molecule has 13 rings (SSSR count). The Morgan fingerprint density at radius 1 is 0.403 bits per heavy atom. The minimum absolute atomic E-state index is 1.02. The first-order chi connectivity index (χ1) is 35.7. The van der Waals surface area contributed by atoms with Crippen molar-refractivity contribution in [3.63, 3.8) is 0 Å². The van der Waals surface area contributed by atoms with E-state index in [1.807, 2.05) is 12.2 Å². The molecule has 0 unspecified atom stereocenters. The zero-order chi connectivity index (χ0) is 48.0. The Morgan fingerprint density at radius 3 is 1.69 bits per heavy atom. The van der Waals surface area contributed by atoms with Crippen LogP contribution in [-0.2, 0) is 0 Å². The van der Waals surface area contributed by atoms with Crippen molar-refractivity contribution < 1.29 is 0 Å². The van der Waals surface area contributed by atoms with E-state index in [9.17, 15) is 0 Å². The maximum absolute atomic E-state index is 3.91. The van der Waals surface area contributed by atoms with Gasteiger partial charge in [-0.2, -0.15) is 0 Å². The molecule has 11 aromatic carbocycles. The molecule has 0 bridgehead atoms. The second-order valence-corrected chi connectivity index (χ2v) is 18.3. The summed E-state index contributed by atoms with van der Waals surface area (Å²) in [7, 11) is 0. The van der Waals surface area contributed by atoms with Crippen molar-refractivity contribution in [1.29, 1.82) is 0 Å². The van der Waals surface area contributed by atoms with Crippen LogP contribution in [0.1, 0.15) is 5.56 Å². The van der Waals surface area contributed by atoms with Crippen molar-refractivity contribution in [1.82, 2.24) is 9.13 Å². The van der Waals surface area contributed by atoms with E-state index >= 15 is 0 Å². The molecule has 0 amide bonds. The summed E-state index contributed by atoms with van der Waals surface area (Å²) < 4.78 is 4.76. The zero-order valence-electron chi connectivity index (χ0n) is 39.5. The Balaban J connectivity index is 0.877. The lowest BCUT2D eigenvalue weighted by molar-refractivity contribution is 1.18. The monoisotopic (exact) mass is 920 g/mol. The number of hydrogen-bond donors (Lipinski definition) is 1. The summed E-state index contributed by atoms with van der Waals surface area (Å²) in [5.41, 5.74) is 18.0. The number of benzene rings is 11. The van der Waals surface area contributed by atoms with E-state index in [0.717, 1.165) is 56.5 Å². The highest BCUT2D eigenvalue weighted by Gasteiger charge is 2.22. The lowest BCUT2D eigenvalue weighted by atomic mass is 9.93. The van der Waals surface area contributed by atoms with Gasteiger partial charge in [0.05, 0.1) is 22.1 Å². The molecule has 0 aliphatic carbocycles. The first-order valence-corrected chi connectivity index (χ1v) is 24.5. The summed E-state index contributed by atoms with van der Waals surface area (Å²) in [6, 6.07) is 92.0. The van der Waals surface area contributed by atoms with Crippen LogP contribution in [0.25, 0.3) is 94.1 Å². The maximum atomic E-state index is 3.91. The van der Waals surface area contributed by atoms with Gasteiger partial charge in [0.15, 0.2) is 0 Å². The highest BCUT2D eigenvalue weighted by molar-refractivity contribution is 6.21. The second-order valence-electron chi connectivity index (χ2n) is 18.3. The fourth-order valence-corrected chi connectivity index (χ4v) is 10.8. The van der Waals surface area contributed by atoms with Crippen molar-refractivity contribution in [2.45, 2.75) is 0 Å². The van der Waals surface area contributed by atoms with Crippen molar-refractivity contribution in [3.8, 4) is 33.6 Å². The molecule has 4 nitrogen and oxygen atoms in total. The molecule has 340 valence electrons. The first kappa shape index (κ1) is 42.5. The van der Waals surface area contributed by atoms with E-state index in [1.165, 1.54) is 65.5 Å². The van der Waals surface area contributed by atoms with Gasteiger partial charge >= 0.3 is 0 Å². The smallest absolute Gasteiger partial charge is 0.0548 e. The molecule has 1 N–H and O–H groups in total. The van der Waals surface area contributed by atoms with E-state index < -0.39 is 0 Å². The molecule has 0 radical (unpaired) electrons. The van der Waals surface area contributed by atoms with Gasteiger partial charge in [-0.25, -0.2) is 0 Å². The van der Waals surface area contributed by atoms with Crippen LogP contribution >= 0.6 is 0 Å². The van der Waals surface area contributed by atoms with Crippen LogP contribution in [0.3, 0.4) is 0 Å². The first-order valence-electron chi connectivity index (χ1n) is 24.5. The van der Waals surface area contributed by atoms with Crippen LogP contribution in [0.2, 0.25) is 0 Å². The average Bonchev–Trinajstić information content (AvgIpc) is 3.96. The number of allylic oxidation sites excluding steroid dienone is 2. The lowest BCUT2D eigenvalue weighted by Gasteiger charge is -2.26. The van der Waals surface area contributed by atoms with Crippen LogP contribution in [0.5, 0.6) is 0 Å². The fraction of sp³-hybridized carbons (Fsp3) is 0. The summed E-state index contributed by atoms with van der Waals surface area (Å²) in [6.07, 6.45) is 5.90. The standard InChI is InChI=1S/C68H48N4/c1-2-3-18-47-19-16-26-55(45-47)70(56-41-43-65-61(46-56)58-28-12-14-31-63(58)71(65)52-22-6-4-7-23-52)54-39-35-49(36-40-54)48-33-37-51(38-34-48)69-62-42-44-66-68(67(62)59-30-17-21-50-20-10-11-27-57(50)59)60-29-13-15-32-64(60)72(66)53-24-8-5-9-25-53/h2-46,69H,1H2/b18-3-. The second kappa shape index (κ2) is 18.0. The predicted molar refractivity (Wildman–Crippen MR) is 307 cm³/mol. The molecular formula is C68H48N4. The summed E-state index contributed by atoms with van der Waals surface area (Å²) in [4.78, 5) is 2.36. The molecule has 2 aromatic heterocycles. The van der Waals surface area contributed by atoms with Crippen molar-refractivity contribution >= 4 is 88.9 Å². The molecule has 0 spiro atoms. The van der Waals surface area contributed by atoms with Crippen LogP contribution in [-0.4, -0.2) is 9.13 Å². The summed E-state index contributed by atoms with van der Waals surface area (Å²) >= 11 is 0. The van der Waals surface area contributed by atoms with Gasteiger partial charge in [-0.1, -0.05) is 176 Å². The van der Waals surface area contributed by atoms with Crippen molar-refractivity contribution in [2.24, 2.45) is 0 Å². The molecule has 0 aliphatic rings. The number of para-hydroxylation sites is 4. The van der Waals surface area contributed by atoms with Gasteiger partial charge < -0.3 is 19.4 Å². The SMILES string of the molecule is C=C/C=C\c1cccc(N(c2ccc(-c3ccc(Nc4ccc5c(c4-c4cccc6ccccc46)c4ccccc4n5-c4ccccc4)cc3)cc2)c2ccc3c(c2)c2ccccc2n3-c2ccccc2)c1. The lowest BCUT2D eigenvalue weighted by Crippen LogP contribution is -2.10. The van der Waals surface area contributed by atoms with E-state index in [1.54, 1.807) is 0 Å². The van der Waals surface area contributed by atoms with Crippen LogP contribution in [0.4, 0.5) is 28.4 Å². The topological polar surface area (TPSA) is 25.1 Å². The molecule has 72 heavy (non-hydrogen) atoms. The number of rotatable bonds is 11. The van der Waals surface area contributed by atoms with Gasteiger partial charge in [-0.15, -0.1) is 0 Å². The highest BCUT2D eigenvalue weighted by atomic mass is 15.1. The van der Waals surface area contributed by atoms with E-state index in [4.69, 9.17) is 0 Å². The Kier molecular flexibility index (Phi) is 10.6.